The molecule has 0 aliphatic carbocycles. The number of rotatable bonds is 9. The number of methoxy groups -OCH3 is 2. The number of carbonyl (C=O) groups excluding carboxylic acids is 1. The number of anilines is 6. The zero-order valence-corrected chi connectivity index (χ0v) is 22.4. The molecule has 9 nitrogen and oxygen atoms in total. The highest BCUT2D eigenvalue weighted by Gasteiger charge is 2.27. The number of para-hydroxylation sites is 1. The zero-order chi connectivity index (χ0) is 26.5. The molecule has 0 saturated carbocycles. The Kier molecular flexibility index (Phi) is 7.95. The van der Waals surface area contributed by atoms with E-state index in [9.17, 15) is 4.79 Å². The van der Waals surface area contributed by atoms with E-state index in [2.05, 4.69) is 50.7 Å². The highest BCUT2D eigenvalue weighted by atomic mass is 16.5. The highest BCUT2D eigenvalue weighted by molar-refractivity contribution is 6.00. The van der Waals surface area contributed by atoms with Crippen LogP contribution in [-0.2, 0) is 16.0 Å². The SMILES string of the molecule is COCCC(=O)N1CCc2cccc(Nc3ccnc(Nc4ccc(N5CCN(C)CC5)cc4OC)c3)c21. The molecule has 2 aliphatic heterocycles. The molecule has 1 aromatic heterocycles. The van der Waals surface area contributed by atoms with E-state index in [4.69, 9.17) is 9.47 Å². The number of carbonyl (C=O) groups is 1. The molecule has 0 spiro atoms. The molecule has 5 rings (SSSR count). The van der Waals surface area contributed by atoms with Crippen LogP contribution >= 0.6 is 0 Å². The number of likely N-dealkylation sites (N-methyl/N-ethyl adjacent to an activating group) is 1. The standard InChI is InChI=1S/C29H36N6O3/c1-33-14-16-34(17-15-33)23-7-8-24(26(20-23)38-3)32-27-19-22(9-12-30-27)31-25-6-4-5-21-10-13-35(29(21)25)28(36)11-18-37-2/h4-9,12,19-20H,10-11,13-18H2,1-3H3,(H2,30,31,32). The van der Waals surface area contributed by atoms with Gasteiger partial charge in [0.2, 0.25) is 5.91 Å². The third-order valence-corrected chi connectivity index (χ3v) is 7.17. The van der Waals surface area contributed by atoms with Gasteiger partial charge in [0.25, 0.3) is 0 Å². The first-order chi connectivity index (χ1) is 18.6. The fraction of sp³-hybridized carbons (Fsp3) is 0.379. The maximum atomic E-state index is 12.8. The number of aromatic nitrogens is 1. The van der Waals surface area contributed by atoms with Crippen molar-refractivity contribution in [2.45, 2.75) is 12.8 Å². The van der Waals surface area contributed by atoms with E-state index in [-0.39, 0.29) is 5.91 Å². The highest BCUT2D eigenvalue weighted by Crippen LogP contribution is 2.38. The molecule has 2 N–H and O–H groups in total. The van der Waals surface area contributed by atoms with Crippen molar-refractivity contribution in [2.75, 3.05) is 81.0 Å². The van der Waals surface area contributed by atoms with Crippen molar-refractivity contribution < 1.29 is 14.3 Å². The zero-order valence-electron chi connectivity index (χ0n) is 22.4. The van der Waals surface area contributed by atoms with E-state index in [1.165, 1.54) is 5.56 Å². The van der Waals surface area contributed by atoms with E-state index >= 15 is 0 Å². The van der Waals surface area contributed by atoms with Gasteiger partial charge in [0.15, 0.2) is 0 Å². The molecule has 0 bridgehead atoms. The molecule has 0 radical (unpaired) electrons. The summed E-state index contributed by atoms with van der Waals surface area (Å²) in [6, 6.07) is 16.2. The summed E-state index contributed by atoms with van der Waals surface area (Å²) in [6.45, 7) is 5.20. The van der Waals surface area contributed by atoms with Crippen molar-refractivity contribution in [3.63, 3.8) is 0 Å². The molecule has 0 atom stereocenters. The number of piperazine rings is 1. The number of fused-ring (bicyclic) bond motifs is 1. The van der Waals surface area contributed by atoms with Gasteiger partial charge in [-0.2, -0.15) is 0 Å². The number of nitrogens with zero attached hydrogens (tertiary/aromatic N) is 4. The van der Waals surface area contributed by atoms with Gasteiger partial charge < -0.3 is 34.8 Å². The van der Waals surface area contributed by atoms with Gasteiger partial charge in [-0.25, -0.2) is 4.98 Å². The minimum absolute atomic E-state index is 0.0732. The molecule has 3 heterocycles. The van der Waals surface area contributed by atoms with Gasteiger partial charge in [0.1, 0.15) is 11.6 Å². The molecule has 38 heavy (non-hydrogen) atoms. The number of hydrogen-bond donors (Lipinski definition) is 2. The minimum atomic E-state index is 0.0732. The first-order valence-corrected chi connectivity index (χ1v) is 13.1. The lowest BCUT2D eigenvalue weighted by Crippen LogP contribution is -2.44. The fourth-order valence-electron chi connectivity index (χ4n) is 5.05. The van der Waals surface area contributed by atoms with Crippen LogP contribution in [0.15, 0.2) is 54.7 Å². The minimum Gasteiger partial charge on any atom is -0.494 e. The molecule has 3 aromatic rings. The maximum Gasteiger partial charge on any atom is 0.229 e. The smallest absolute Gasteiger partial charge is 0.229 e. The lowest BCUT2D eigenvalue weighted by atomic mass is 10.1. The Hall–Kier alpha value is -3.82. The predicted molar refractivity (Wildman–Crippen MR) is 152 cm³/mol. The second kappa shape index (κ2) is 11.7. The Bertz CT molecular complexity index is 1270. The van der Waals surface area contributed by atoms with Gasteiger partial charge in [-0.1, -0.05) is 12.1 Å². The topological polar surface area (TPSA) is 82.2 Å². The summed E-state index contributed by atoms with van der Waals surface area (Å²) in [6.07, 6.45) is 2.97. The van der Waals surface area contributed by atoms with Gasteiger partial charge in [0.05, 0.1) is 37.2 Å². The van der Waals surface area contributed by atoms with Gasteiger partial charge in [-0.15, -0.1) is 0 Å². The van der Waals surface area contributed by atoms with E-state index in [0.717, 1.165) is 66.8 Å². The van der Waals surface area contributed by atoms with Crippen molar-refractivity contribution in [3.8, 4) is 5.75 Å². The number of hydrogen-bond acceptors (Lipinski definition) is 8. The number of amides is 1. The first kappa shape index (κ1) is 25.8. The Morgan fingerprint density at radius 3 is 2.61 bits per heavy atom. The van der Waals surface area contributed by atoms with Crippen molar-refractivity contribution in [2.24, 2.45) is 0 Å². The molecule has 2 aromatic carbocycles. The number of benzene rings is 2. The molecular weight excluding hydrogens is 480 g/mol. The van der Waals surface area contributed by atoms with E-state index in [1.54, 1.807) is 20.4 Å². The van der Waals surface area contributed by atoms with E-state index in [1.807, 2.05) is 35.2 Å². The average Bonchev–Trinajstić information content (AvgIpc) is 3.38. The molecule has 9 heteroatoms. The van der Waals surface area contributed by atoms with Crippen LogP contribution in [0.1, 0.15) is 12.0 Å². The van der Waals surface area contributed by atoms with Crippen LogP contribution in [0.4, 0.5) is 34.3 Å². The van der Waals surface area contributed by atoms with Crippen LogP contribution in [0.5, 0.6) is 5.75 Å². The summed E-state index contributed by atoms with van der Waals surface area (Å²) in [5.74, 6) is 1.54. The quantitative estimate of drug-likeness (QED) is 0.437. The van der Waals surface area contributed by atoms with Crippen LogP contribution in [0, 0.1) is 0 Å². The summed E-state index contributed by atoms with van der Waals surface area (Å²) in [4.78, 5) is 23.9. The Balaban J connectivity index is 1.32. The van der Waals surface area contributed by atoms with Gasteiger partial charge in [-0.05, 0) is 43.3 Å². The normalized spacial score (nSPS) is 15.3. The molecule has 1 amide bonds. The summed E-state index contributed by atoms with van der Waals surface area (Å²) in [7, 11) is 5.46. The third kappa shape index (κ3) is 5.69. The van der Waals surface area contributed by atoms with Crippen molar-refractivity contribution in [3.05, 3.63) is 60.3 Å². The first-order valence-electron chi connectivity index (χ1n) is 13.1. The average molecular weight is 517 g/mol. The van der Waals surface area contributed by atoms with Gasteiger partial charge in [-0.3, -0.25) is 4.79 Å². The van der Waals surface area contributed by atoms with Gasteiger partial charge in [0, 0.05) is 69.5 Å². The lowest BCUT2D eigenvalue weighted by molar-refractivity contribution is -0.119. The van der Waals surface area contributed by atoms with Crippen molar-refractivity contribution >= 4 is 40.2 Å². The van der Waals surface area contributed by atoms with Crippen molar-refractivity contribution in [1.82, 2.24) is 9.88 Å². The molecular formula is C29H36N6O3. The third-order valence-electron chi connectivity index (χ3n) is 7.17. The predicted octanol–water partition coefficient (Wildman–Crippen LogP) is 4.25. The van der Waals surface area contributed by atoms with Crippen LogP contribution in [0.3, 0.4) is 0 Å². The second-order valence-corrected chi connectivity index (χ2v) is 9.71. The van der Waals surface area contributed by atoms with Crippen LogP contribution in [-0.4, -0.2) is 76.4 Å². The fourth-order valence-corrected chi connectivity index (χ4v) is 5.05. The lowest BCUT2D eigenvalue weighted by Gasteiger charge is -2.34. The monoisotopic (exact) mass is 516 g/mol. The maximum absolute atomic E-state index is 12.8. The molecule has 1 fully saturated rings. The molecule has 200 valence electrons. The van der Waals surface area contributed by atoms with E-state index in [0.29, 0.717) is 25.4 Å². The van der Waals surface area contributed by atoms with Crippen LogP contribution in [0.2, 0.25) is 0 Å². The van der Waals surface area contributed by atoms with Crippen LogP contribution < -0.4 is 25.2 Å². The number of nitrogens with one attached hydrogen (secondary N) is 2. The Labute approximate surface area is 224 Å². The summed E-state index contributed by atoms with van der Waals surface area (Å²) < 4.78 is 10.8. The summed E-state index contributed by atoms with van der Waals surface area (Å²) >= 11 is 0. The summed E-state index contributed by atoms with van der Waals surface area (Å²) in [5, 5.41) is 6.92. The Morgan fingerprint density at radius 2 is 1.82 bits per heavy atom. The molecule has 1 saturated heterocycles. The second-order valence-electron chi connectivity index (χ2n) is 9.71. The Morgan fingerprint density at radius 1 is 0.974 bits per heavy atom. The molecule has 2 aliphatic rings. The summed E-state index contributed by atoms with van der Waals surface area (Å²) in [5.41, 5.74) is 5.90. The van der Waals surface area contributed by atoms with E-state index < -0.39 is 0 Å². The number of pyridine rings is 1. The van der Waals surface area contributed by atoms with Gasteiger partial charge >= 0.3 is 0 Å². The number of ether oxygens (including phenoxy) is 2. The van der Waals surface area contributed by atoms with Crippen molar-refractivity contribution in [1.29, 1.82) is 0 Å². The van der Waals surface area contributed by atoms with Crippen LogP contribution in [0.25, 0.3) is 0 Å². The largest absolute Gasteiger partial charge is 0.494 e. The molecule has 0 unspecified atom stereocenters.